The molecule has 1 aromatic rings. The van der Waals surface area contributed by atoms with Gasteiger partial charge in [-0.3, -0.25) is 4.79 Å². The molecule has 25 heavy (non-hydrogen) atoms. The van der Waals surface area contributed by atoms with E-state index in [-0.39, 0.29) is 11.5 Å². The molecule has 1 atom stereocenters. The molecule has 2 saturated heterocycles. The fourth-order valence-electron chi connectivity index (χ4n) is 4.92. The molecule has 1 amide bonds. The predicted octanol–water partition coefficient (Wildman–Crippen LogP) is 2.51. The van der Waals surface area contributed by atoms with E-state index < -0.39 is 0 Å². The molecule has 1 aliphatic carbocycles. The molecule has 3 fully saturated rings. The van der Waals surface area contributed by atoms with E-state index in [1.54, 1.807) is 0 Å². The molecule has 5 nitrogen and oxygen atoms in total. The number of carbonyl (C=O) groups is 1. The van der Waals surface area contributed by atoms with Gasteiger partial charge in [0.2, 0.25) is 5.91 Å². The summed E-state index contributed by atoms with van der Waals surface area (Å²) in [6, 6.07) is 4.51. The zero-order chi connectivity index (χ0) is 17.4. The summed E-state index contributed by atoms with van der Waals surface area (Å²) in [5.74, 6) is 1.35. The molecule has 5 heteroatoms. The first-order chi connectivity index (χ1) is 12.1. The van der Waals surface area contributed by atoms with E-state index >= 15 is 0 Å². The molecule has 0 radical (unpaired) electrons. The van der Waals surface area contributed by atoms with Crippen LogP contribution in [0.2, 0.25) is 0 Å². The second kappa shape index (κ2) is 6.60. The number of aromatic nitrogens is 1. The van der Waals surface area contributed by atoms with Gasteiger partial charge in [-0.05, 0) is 63.5 Å². The Morgan fingerprint density at radius 3 is 2.68 bits per heavy atom. The second-order valence-corrected chi connectivity index (χ2v) is 8.21. The summed E-state index contributed by atoms with van der Waals surface area (Å²) in [5.41, 5.74) is 0.944. The predicted molar refractivity (Wildman–Crippen MR) is 97.4 cm³/mol. The summed E-state index contributed by atoms with van der Waals surface area (Å²) in [6.07, 6.45) is 8.33. The molecule has 1 unspecified atom stereocenters. The number of pyridine rings is 1. The minimum atomic E-state index is -0.221. The smallest absolute Gasteiger partial charge is 0.230 e. The summed E-state index contributed by atoms with van der Waals surface area (Å²) in [7, 11) is 0. The van der Waals surface area contributed by atoms with Crippen molar-refractivity contribution in [3.8, 4) is 0 Å². The van der Waals surface area contributed by atoms with Crippen LogP contribution in [0.4, 0.5) is 5.82 Å². The SMILES string of the molecule is Cc1ccc(N2CCCC3(CCN(C4CCC(O)CC4)C3=O)C2)nc1. The Hall–Kier alpha value is -1.62. The maximum atomic E-state index is 13.3. The first-order valence-corrected chi connectivity index (χ1v) is 9.74. The third kappa shape index (κ3) is 3.14. The molecular formula is C20H29N3O2. The molecule has 136 valence electrons. The Kier molecular flexibility index (Phi) is 4.44. The van der Waals surface area contributed by atoms with Gasteiger partial charge < -0.3 is 14.9 Å². The van der Waals surface area contributed by atoms with Gasteiger partial charge >= 0.3 is 0 Å². The van der Waals surface area contributed by atoms with Gasteiger partial charge in [-0.25, -0.2) is 4.98 Å². The van der Waals surface area contributed by atoms with Crippen LogP contribution in [0.3, 0.4) is 0 Å². The lowest BCUT2D eigenvalue weighted by molar-refractivity contribution is -0.139. The number of amides is 1. The van der Waals surface area contributed by atoms with E-state index in [1.165, 1.54) is 0 Å². The summed E-state index contributed by atoms with van der Waals surface area (Å²) in [4.78, 5) is 22.3. The standard InChI is InChI=1S/C20H29N3O2/c1-15-3-8-18(21-13-15)22-11-2-9-20(14-22)10-12-23(19(20)25)16-4-6-17(24)7-5-16/h3,8,13,16-17,24H,2,4-7,9-12,14H2,1H3. The van der Waals surface area contributed by atoms with E-state index in [0.717, 1.165) is 76.0 Å². The zero-order valence-electron chi connectivity index (χ0n) is 15.2. The van der Waals surface area contributed by atoms with Gasteiger partial charge in [-0.1, -0.05) is 6.07 Å². The minimum absolute atomic E-state index is 0.166. The maximum absolute atomic E-state index is 13.3. The van der Waals surface area contributed by atoms with Crippen molar-refractivity contribution in [1.82, 2.24) is 9.88 Å². The van der Waals surface area contributed by atoms with Crippen LogP contribution in [-0.2, 0) is 4.79 Å². The molecule has 2 aliphatic heterocycles. The molecule has 1 spiro atoms. The highest BCUT2D eigenvalue weighted by atomic mass is 16.3. The van der Waals surface area contributed by atoms with Crippen molar-refractivity contribution >= 4 is 11.7 Å². The number of nitrogens with zero attached hydrogens (tertiary/aromatic N) is 3. The summed E-state index contributed by atoms with van der Waals surface area (Å²) < 4.78 is 0. The fourth-order valence-corrected chi connectivity index (χ4v) is 4.92. The molecular weight excluding hydrogens is 314 g/mol. The Morgan fingerprint density at radius 1 is 1.16 bits per heavy atom. The maximum Gasteiger partial charge on any atom is 0.230 e. The van der Waals surface area contributed by atoms with E-state index in [2.05, 4.69) is 26.9 Å². The van der Waals surface area contributed by atoms with E-state index in [9.17, 15) is 9.90 Å². The molecule has 1 aromatic heterocycles. The third-order valence-electron chi connectivity index (χ3n) is 6.45. The number of hydrogen-bond acceptors (Lipinski definition) is 4. The number of aliphatic hydroxyl groups excluding tert-OH is 1. The van der Waals surface area contributed by atoms with Crippen LogP contribution in [0.25, 0.3) is 0 Å². The zero-order valence-corrected chi connectivity index (χ0v) is 15.2. The van der Waals surface area contributed by atoms with Gasteiger partial charge in [0, 0.05) is 31.9 Å². The molecule has 3 heterocycles. The van der Waals surface area contributed by atoms with Crippen molar-refractivity contribution in [2.75, 3.05) is 24.5 Å². The third-order valence-corrected chi connectivity index (χ3v) is 6.45. The van der Waals surface area contributed by atoms with Crippen LogP contribution in [0.15, 0.2) is 18.3 Å². The van der Waals surface area contributed by atoms with Gasteiger partial charge in [0.05, 0.1) is 11.5 Å². The molecule has 4 rings (SSSR count). The van der Waals surface area contributed by atoms with Crippen molar-refractivity contribution in [1.29, 1.82) is 0 Å². The topological polar surface area (TPSA) is 56.7 Å². The van der Waals surface area contributed by atoms with Gasteiger partial charge in [0.1, 0.15) is 5.82 Å². The minimum Gasteiger partial charge on any atom is -0.393 e. The van der Waals surface area contributed by atoms with Crippen molar-refractivity contribution in [2.24, 2.45) is 5.41 Å². The first-order valence-electron chi connectivity index (χ1n) is 9.74. The molecule has 0 bridgehead atoms. The molecule has 3 aliphatic rings. The highest BCUT2D eigenvalue weighted by molar-refractivity contribution is 5.86. The Labute approximate surface area is 150 Å². The number of rotatable bonds is 2. The van der Waals surface area contributed by atoms with Crippen molar-refractivity contribution in [3.63, 3.8) is 0 Å². The Balaban J connectivity index is 1.48. The van der Waals surface area contributed by atoms with Crippen molar-refractivity contribution in [2.45, 2.75) is 64.0 Å². The number of carbonyl (C=O) groups excluding carboxylic acids is 1. The van der Waals surface area contributed by atoms with Crippen molar-refractivity contribution in [3.05, 3.63) is 23.9 Å². The molecule has 1 N–H and O–H groups in total. The summed E-state index contributed by atoms with van der Waals surface area (Å²) in [5, 5.41) is 9.74. The number of likely N-dealkylation sites (tertiary alicyclic amines) is 1. The van der Waals surface area contributed by atoms with Crippen LogP contribution < -0.4 is 4.90 Å². The van der Waals surface area contributed by atoms with Gasteiger partial charge in [-0.15, -0.1) is 0 Å². The normalized spacial score (nSPS) is 33.3. The molecule has 1 saturated carbocycles. The number of anilines is 1. The second-order valence-electron chi connectivity index (χ2n) is 8.21. The van der Waals surface area contributed by atoms with Crippen LogP contribution in [0.1, 0.15) is 50.5 Å². The van der Waals surface area contributed by atoms with Gasteiger partial charge in [0.25, 0.3) is 0 Å². The van der Waals surface area contributed by atoms with Crippen LogP contribution >= 0.6 is 0 Å². The average Bonchev–Trinajstić information content (AvgIpc) is 2.93. The largest absolute Gasteiger partial charge is 0.393 e. The van der Waals surface area contributed by atoms with Crippen LogP contribution in [0, 0.1) is 12.3 Å². The number of hydrogen-bond donors (Lipinski definition) is 1. The monoisotopic (exact) mass is 343 g/mol. The number of aryl methyl sites for hydroxylation is 1. The van der Waals surface area contributed by atoms with Crippen LogP contribution in [-0.4, -0.2) is 52.7 Å². The van der Waals surface area contributed by atoms with E-state index in [0.29, 0.717) is 11.9 Å². The molecule has 0 aromatic carbocycles. The average molecular weight is 343 g/mol. The first kappa shape index (κ1) is 16.8. The lowest BCUT2D eigenvalue weighted by Gasteiger charge is -2.41. The van der Waals surface area contributed by atoms with E-state index in [4.69, 9.17) is 0 Å². The fraction of sp³-hybridized carbons (Fsp3) is 0.700. The number of aliphatic hydroxyl groups is 1. The lowest BCUT2D eigenvalue weighted by atomic mass is 9.78. The lowest BCUT2D eigenvalue weighted by Crippen LogP contribution is -2.50. The van der Waals surface area contributed by atoms with Crippen molar-refractivity contribution < 1.29 is 9.90 Å². The van der Waals surface area contributed by atoms with Gasteiger partial charge in [-0.2, -0.15) is 0 Å². The Bertz CT molecular complexity index is 624. The highest BCUT2D eigenvalue weighted by Crippen LogP contribution is 2.43. The summed E-state index contributed by atoms with van der Waals surface area (Å²) in [6.45, 7) is 4.72. The quantitative estimate of drug-likeness (QED) is 0.896. The number of piperidine rings is 1. The van der Waals surface area contributed by atoms with E-state index in [1.807, 2.05) is 13.1 Å². The highest BCUT2D eigenvalue weighted by Gasteiger charge is 2.50. The Morgan fingerprint density at radius 2 is 1.96 bits per heavy atom. The van der Waals surface area contributed by atoms with Crippen LogP contribution in [0.5, 0.6) is 0 Å². The summed E-state index contributed by atoms with van der Waals surface area (Å²) >= 11 is 0. The van der Waals surface area contributed by atoms with Gasteiger partial charge in [0.15, 0.2) is 0 Å².